The van der Waals surface area contributed by atoms with E-state index in [0.717, 1.165) is 0 Å². The molecule has 22 heavy (non-hydrogen) atoms. The molecule has 0 aromatic heterocycles. The number of hydrogen-bond acceptors (Lipinski definition) is 4. The minimum atomic E-state index is -0.789. The fraction of sp³-hybridized carbons (Fsp3) is 0.222. The van der Waals surface area contributed by atoms with E-state index in [1.807, 2.05) is 6.92 Å². The van der Waals surface area contributed by atoms with E-state index >= 15 is 0 Å². The zero-order chi connectivity index (χ0) is 15.7. The summed E-state index contributed by atoms with van der Waals surface area (Å²) in [5, 5.41) is 0. The number of carbonyl (C=O) groups is 2. The molecule has 4 nitrogen and oxygen atoms in total. The molecule has 0 amide bonds. The molecule has 0 atom stereocenters. The zero-order valence-corrected chi connectivity index (χ0v) is 12.5. The number of fused-ring (bicyclic) bond motifs is 1. The Balaban J connectivity index is 2.04. The Morgan fingerprint density at radius 1 is 0.955 bits per heavy atom. The van der Waals surface area contributed by atoms with Gasteiger partial charge in [-0.15, -0.1) is 0 Å². The maximum absolute atomic E-state index is 12.5. The standard InChI is InChI=1S/C18H16O4/c1-3-22-15-10-11(8-9-14(15)21-2)16-17(19)12-6-4-5-7-13(12)18(16)20/h4-10,16H,3H2,1-2H3. The highest BCUT2D eigenvalue weighted by Gasteiger charge is 2.39. The van der Waals surface area contributed by atoms with E-state index in [-0.39, 0.29) is 11.6 Å². The van der Waals surface area contributed by atoms with Gasteiger partial charge in [0.2, 0.25) is 0 Å². The first-order chi connectivity index (χ1) is 10.7. The van der Waals surface area contributed by atoms with Crippen molar-refractivity contribution in [2.45, 2.75) is 12.8 Å². The Morgan fingerprint density at radius 3 is 2.14 bits per heavy atom. The lowest BCUT2D eigenvalue weighted by Gasteiger charge is -2.13. The van der Waals surface area contributed by atoms with Crippen LogP contribution in [-0.4, -0.2) is 25.3 Å². The molecule has 4 heteroatoms. The Labute approximate surface area is 128 Å². The number of methoxy groups -OCH3 is 1. The molecule has 2 aromatic rings. The smallest absolute Gasteiger partial charge is 0.178 e. The SMILES string of the molecule is CCOc1cc(C2C(=O)c3ccccc3C2=O)ccc1OC. The topological polar surface area (TPSA) is 52.6 Å². The first-order valence-electron chi connectivity index (χ1n) is 7.15. The summed E-state index contributed by atoms with van der Waals surface area (Å²) < 4.78 is 10.8. The van der Waals surface area contributed by atoms with Crippen LogP contribution in [0, 0.1) is 0 Å². The Morgan fingerprint density at radius 2 is 1.59 bits per heavy atom. The quantitative estimate of drug-likeness (QED) is 0.813. The summed E-state index contributed by atoms with van der Waals surface area (Å²) in [7, 11) is 1.55. The van der Waals surface area contributed by atoms with Crippen LogP contribution in [0.25, 0.3) is 0 Å². The van der Waals surface area contributed by atoms with E-state index in [0.29, 0.717) is 34.8 Å². The maximum Gasteiger partial charge on any atom is 0.178 e. The molecule has 3 rings (SSSR count). The van der Waals surface area contributed by atoms with Crippen LogP contribution in [0.3, 0.4) is 0 Å². The third-order valence-electron chi connectivity index (χ3n) is 3.80. The van der Waals surface area contributed by atoms with Gasteiger partial charge in [-0.1, -0.05) is 30.3 Å². The number of ether oxygens (including phenoxy) is 2. The van der Waals surface area contributed by atoms with E-state index in [9.17, 15) is 9.59 Å². The van der Waals surface area contributed by atoms with Crippen molar-refractivity contribution in [1.29, 1.82) is 0 Å². The van der Waals surface area contributed by atoms with E-state index in [1.165, 1.54) is 0 Å². The van der Waals surface area contributed by atoms with Gasteiger partial charge in [0.25, 0.3) is 0 Å². The minimum absolute atomic E-state index is 0.159. The summed E-state index contributed by atoms with van der Waals surface area (Å²) in [6.07, 6.45) is 0. The predicted molar refractivity (Wildman–Crippen MR) is 82.0 cm³/mol. The molecule has 0 bridgehead atoms. The van der Waals surface area contributed by atoms with Crippen molar-refractivity contribution < 1.29 is 19.1 Å². The first-order valence-corrected chi connectivity index (χ1v) is 7.15. The molecule has 0 unspecified atom stereocenters. The van der Waals surface area contributed by atoms with Gasteiger partial charge in [-0.2, -0.15) is 0 Å². The second-order valence-electron chi connectivity index (χ2n) is 5.05. The van der Waals surface area contributed by atoms with Crippen LogP contribution in [0.15, 0.2) is 42.5 Å². The van der Waals surface area contributed by atoms with Gasteiger partial charge < -0.3 is 9.47 Å². The Hall–Kier alpha value is -2.62. The van der Waals surface area contributed by atoms with Crippen molar-refractivity contribution in [1.82, 2.24) is 0 Å². The third kappa shape index (κ3) is 2.17. The lowest BCUT2D eigenvalue weighted by Crippen LogP contribution is -2.13. The molecular weight excluding hydrogens is 280 g/mol. The summed E-state index contributed by atoms with van der Waals surface area (Å²) >= 11 is 0. The predicted octanol–water partition coefficient (Wildman–Crippen LogP) is 3.26. The molecule has 0 N–H and O–H groups in total. The van der Waals surface area contributed by atoms with E-state index < -0.39 is 5.92 Å². The number of benzene rings is 2. The first kappa shape index (κ1) is 14.3. The molecule has 0 saturated heterocycles. The number of carbonyl (C=O) groups excluding carboxylic acids is 2. The lowest BCUT2D eigenvalue weighted by molar-refractivity contribution is 0.0890. The van der Waals surface area contributed by atoms with Crippen LogP contribution in [0.1, 0.15) is 39.1 Å². The highest BCUT2D eigenvalue weighted by Crippen LogP contribution is 2.37. The molecule has 0 spiro atoms. The average Bonchev–Trinajstić information content (AvgIpc) is 2.80. The van der Waals surface area contributed by atoms with E-state index in [2.05, 4.69) is 0 Å². The highest BCUT2D eigenvalue weighted by atomic mass is 16.5. The van der Waals surface area contributed by atoms with Gasteiger partial charge in [0.1, 0.15) is 5.92 Å². The summed E-state index contributed by atoms with van der Waals surface area (Å²) in [4.78, 5) is 25.1. The molecule has 0 aliphatic heterocycles. The van der Waals surface area contributed by atoms with Crippen LogP contribution in [0.5, 0.6) is 11.5 Å². The molecule has 112 valence electrons. The fourth-order valence-electron chi connectivity index (χ4n) is 2.79. The van der Waals surface area contributed by atoms with Crippen LogP contribution < -0.4 is 9.47 Å². The molecular formula is C18H16O4. The van der Waals surface area contributed by atoms with Crippen LogP contribution in [-0.2, 0) is 0 Å². The Bertz CT molecular complexity index is 714. The van der Waals surface area contributed by atoms with Crippen molar-refractivity contribution in [2.24, 2.45) is 0 Å². The van der Waals surface area contributed by atoms with E-state index in [1.54, 1.807) is 49.6 Å². The summed E-state index contributed by atoms with van der Waals surface area (Å²) in [5.74, 6) is 0.0176. The third-order valence-corrected chi connectivity index (χ3v) is 3.80. The van der Waals surface area contributed by atoms with Crippen molar-refractivity contribution in [3.8, 4) is 11.5 Å². The summed E-state index contributed by atoms with van der Waals surface area (Å²) in [5.41, 5.74) is 1.62. The van der Waals surface area contributed by atoms with Gasteiger partial charge in [0, 0.05) is 11.1 Å². The molecule has 1 aliphatic carbocycles. The number of rotatable bonds is 4. The normalized spacial score (nSPS) is 14.1. The average molecular weight is 296 g/mol. The van der Waals surface area contributed by atoms with Crippen molar-refractivity contribution >= 4 is 11.6 Å². The zero-order valence-electron chi connectivity index (χ0n) is 12.5. The highest BCUT2D eigenvalue weighted by molar-refractivity contribution is 6.29. The van der Waals surface area contributed by atoms with E-state index in [4.69, 9.17) is 9.47 Å². The van der Waals surface area contributed by atoms with Gasteiger partial charge in [-0.25, -0.2) is 0 Å². The lowest BCUT2D eigenvalue weighted by atomic mass is 9.94. The Kier molecular flexibility index (Phi) is 3.67. The van der Waals surface area contributed by atoms with Gasteiger partial charge in [0.05, 0.1) is 13.7 Å². The molecule has 2 aromatic carbocycles. The monoisotopic (exact) mass is 296 g/mol. The van der Waals surface area contributed by atoms with Gasteiger partial charge in [-0.05, 0) is 24.6 Å². The molecule has 0 saturated carbocycles. The molecule has 0 fully saturated rings. The van der Waals surface area contributed by atoms with Gasteiger partial charge in [-0.3, -0.25) is 9.59 Å². The largest absolute Gasteiger partial charge is 0.493 e. The number of Topliss-reactive ketones (excluding diaryl/α,β-unsaturated/α-hetero) is 2. The molecule has 1 aliphatic rings. The fourth-order valence-corrected chi connectivity index (χ4v) is 2.79. The second-order valence-corrected chi connectivity index (χ2v) is 5.05. The summed E-state index contributed by atoms with van der Waals surface area (Å²) in [6.45, 7) is 2.35. The maximum atomic E-state index is 12.5. The van der Waals surface area contributed by atoms with Gasteiger partial charge >= 0.3 is 0 Å². The van der Waals surface area contributed by atoms with Crippen molar-refractivity contribution in [3.63, 3.8) is 0 Å². The van der Waals surface area contributed by atoms with Crippen molar-refractivity contribution in [3.05, 3.63) is 59.2 Å². The number of ketones is 2. The summed E-state index contributed by atoms with van der Waals surface area (Å²) in [6, 6.07) is 12.1. The number of hydrogen-bond donors (Lipinski definition) is 0. The van der Waals surface area contributed by atoms with Crippen molar-refractivity contribution in [2.75, 3.05) is 13.7 Å². The van der Waals surface area contributed by atoms with Crippen LogP contribution in [0.4, 0.5) is 0 Å². The van der Waals surface area contributed by atoms with Crippen LogP contribution >= 0.6 is 0 Å². The van der Waals surface area contributed by atoms with Gasteiger partial charge in [0.15, 0.2) is 23.1 Å². The van der Waals surface area contributed by atoms with Crippen LogP contribution in [0.2, 0.25) is 0 Å². The molecule has 0 radical (unpaired) electrons. The second kappa shape index (κ2) is 5.64. The minimum Gasteiger partial charge on any atom is -0.493 e. The molecule has 0 heterocycles.